The number of ether oxygens (including phenoxy) is 1. The number of fused-ring (bicyclic) bond motifs is 1. The van der Waals surface area contributed by atoms with Gasteiger partial charge in [-0.3, -0.25) is 4.79 Å². The first-order valence-electron chi connectivity index (χ1n) is 5.81. The predicted molar refractivity (Wildman–Crippen MR) is 63.7 cm³/mol. The molecule has 1 aliphatic heterocycles. The zero-order valence-corrected chi connectivity index (χ0v) is 9.90. The molecule has 1 heterocycles. The maximum atomic E-state index is 11.1. The topological polar surface area (TPSA) is 58.6 Å². The quantitative estimate of drug-likeness (QED) is 0.830. The van der Waals surface area contributed by atoms with E-state index in [-0.39, 0.29) is 6.42 Å². The van der Waals surface area contributed by atoms with Crippen LogP contribution in [0, 0.1) is 0 Å². The molecule has 0 saturated carbocycles. The highest BCUT2D eigenvalue weighted by Gasteiger charge is 2.38. The van der Waals surface area contributed by atoms with E-state index in [1.165, 1.54) is 0 Å². The van der Waals surface area contributed by atoms with Crippen LogP contribution in [0.4, 0.5) is 0 Å². The zero-order valence-electron chi connectivity index (χ0n) is 9.90. The van der Waals surface area contributed by atoms with Gasteiger partial charge in [0.15, 0.2) is 0 Å². The molecule has 1 aromatic rings. The second-order valence-corrected chi connectivity index (χ2v) is 4.33. The summed E-state index contributed by atoms with van der Waals surface area (Å²) in [5.74, 6) is -0.814. The molecule has 2 N–H and O–H groups in total. The third-order valence-electron chi connectivity index (χ3n) is 3.11. The van der Waals surface area contributed by atoms with E-state index in [4.69, 9.17) is 9.84 Å². The van der Waals surface area contributed by atoms with E-state index < -0.39 is 11.5 Å². The molecular formula is C13H17NO3. The molecule has 1 unspecified atom stereocenters. The van der Waals surface area contributed by atoms with Crippen molar-refractivity contribution in [1.29, 1.82) is 0 Å². The van der Waals surface area contributed by atoms with E-state index in [0.29, 0.717) is 19.8 Å². The minimum Gasteiger partial charge on any atom is -0.481 e. The van der Waals surface area contributed by atoms with Crippen molar-refractivity contribution in [3.05, 3.63) is 35.4 Å². The number of nitrogens with one attached hydrogen (secondary N) is 1. The maximum Gasteiger partial charge on any atom is 0.305 e. The van der Waals surface area contributed by atoms with Crippen LogP contribution in [0.3, 0.4) is 0 Å². The first-order chi connectivity index (χ1) is 8.18. The van der Waals surface area contributed by atoms with Crippen LogP contribution in [-0.2, 0) is 21.7 Å². The van der Waals surface area contributed by atoms with Gasteiger partial charge in [-0.15, -0.1) is 0 Å². The van der Waals surface area contributed by atoms with E-state index in [0.717, 1.165) is 11.1 Å². The number of carboxylic acid groups (broad SMARTS) is 1. The summed E-state index contributed by atoms with van der Waals surface area (Å²) in [5, 5.41) is 12.4. The van der Waals surface area contributed by atoms with Gasteiger partial charge in [0.2, 0.25) is 0 Å². The highest BCUT2D eigenvalue weighted by Crippen LogP contribution is 2.33. The van der Waals surface area contributed by atoms with Gasteiger partial charge in [0, 0.05) is 0 Å². The third-order valence-corrected chi connectivity index (χ3v) is 3.11. The second kappa shape index (κ2) is 4.85. The largest absolute Gasteiger partial charge is 0.481 e. The molecule has 0 saturated heterocycles. The Kier molecular flexibility index (Phi) is 3.45. The number of hydrogen-bond acceptors (Lipinski definition) is 3. The summed E-state index contributed by atoms with van der Waals surface area (Å²) in [7, 11) is 0. The summed E-state index contributed by atoms with van der Waals surface area (Å²) < 4.78 is 5.54. The molecule has 1 aliphatic rings. The first-order valence-corrected chi connectivity index (χ1v) is 5.81. The molecule has 0 spiro atoms. The Balaban J connectivity index is 2.43. The van der Waals surface area contributed by atoms with Crippen molar-refractivity contribution >= 4 is 5.97 Å². The average molecular weight is 235 g/mol. The van der Waals surface area contributed by atoms with Crippen molar-refractivity contribution in [2.75, 3.05) is 13.2 Å². The summed E-state index contributed by atoms with van der Waals surface area (Å²) in [6.07, 6.45) is 0.0395. The number of hydrogen-bond donors (Lipinski definition) is 2. The third kappa shape index (κ3) is 2.33. The van der Waals surface area contributed by atoms with Crippen LogP contribution < -0.4 is 5.32 Å². The lowest BCUT2D eigenvalue weighted by molar-refractivity contribution is -0.140. The van der Waals surface area contributed by atoms with Gasteiger partial charge in [-0.1, -0.05) is 31.2 Å². The van der Waals surface area contributed by atoms with Crippen molar-refractivity contribution in [3.8, 4) is 0 Å². The number of likely N-dealkylation sites (N-methyl/N-ethyl adjacent to an activating group) is 1. The van der Waals surface area contributed by atoms with Crippen molar-refractivity contribution in [3.63, 3.8) is 0 Å². The van der Waals surface area contributed by atoms with Gasteiger partial charge in [-0.05, 0) is 17.7 Å². The SMILES string of the molecule is CCNC1(CC(=O)O)COCc2ccccc21. The van der Waals surface area contributed by atoms with Crippen LogP contribution in [0.2, 0.25) is 0 Å². The lowest BCUT2D eigenvalue weighted by atomic mass is 9.82. The molecule has 4 nitrogen and oxygen atoms in total. The van der Waals surface area contributed by atoms with Gasteiger partial charge in [0.25, 0.3) is 0 Å². The predicted octanol–water partition coefficient (Wildman–Crippen LogP) is 1.50. The molecule has 1 aromatic carbocycles. The monoisotopic (exact) mass is 235 g/mol. The average Bonchev–Trinajstić information content (AvgIpc) is 2.29. The van der Waals surface area contributed by atoms with E-state index >= 15 is 0 Å². The Labute approximate surface area is 101 Å². The zero-order chi connectivity index (χ0) is 12.3. The Morgan fingerprint density at radius 2 is 2.29 bits per heavy atom. The molecule has 0 bridgehead atoms. The standard InChI is InChI=1S/C13H17NO3/c1-2-14-13(7-12(15)16)9-17-8-10-5-3-4-6-11(10)13/h3-6,14H,2,7-9H2,1H3,(H,15,16). The highest BCUT2D eigenvalue weighted by atomic mass is 16.5. The van der Waals surface area contributed by atoms with Crippen molar-refractivity contribution < 1.29 is 14.6 Å². The first kappa shape index (κ1) is 12.1. The van der Waals surface area contributed by atoms with E-state index in [1.54, 1.807) is 0 Å². The summed E-state index contributed by atoms with van der Waals surface area (Å²) in [6, 6.07) is 7.87. The minimum absolute atomic E-state index is 0.0395. The number of benzene rings is 1. The smallest absolute Gasteiger partial charge is 0.305 e. The van der Waals surface area contributed by atoms with E-state index in [1.807, 2.05) is 31.2 Å². The summed E-state index contributed by atoms with van der Waals surface area (Å²) >= 11 is 0. The van der Waals surface area contributed by atoms with Crippen molar-refractivity contribution in [1.82, 2.24) is 5.32 Å². The summed E-state index contributed by atoms with van der Waals surface area (Å²) in [6.45, 7) is 3.65. The normalized spacial score (nSPS) is 23.1. The maximum absolute atomic E-state index is 11.1. The molecular weight excluding hydrogens is 218 g/mol. The van der Waals surface area contributed by atoms with Gasteiger partial charge in [0.05, 0.1) is 25.2 Å². The molecule has 0 radical (unpaired) electrons. The highest BCUT2D eigenvalue weighted by molar-refractivity contribution is 5.69. The van der Waals surface area contributed by atoms with Crippen LogP contribution in [0.5, 0.6) is 0 Å². The molecule has 92 valence electrons. The Bertz CT molecular complexity index is 419. The fraction of sp³-hybridized carbons (Fsp3) is 0.462. The molecule has 0 aliphatic carbocycles. The number of aliphatic carboxylic acids is 1. The van der Waals surface area contributed by atoms with Gasteiger partial charge in [-0.2, -0.15) is 0 Å². The molecule has 17 heavy (non-hydrogen) atoms. The molecule has 2 rings (SSSR count). The molecule has 0 amide bonds. The van der Waals surface area contributed by atoms with Crippen LogP contribution in [0.15, 0.2) is 24.3 Å². The van der Waals surface area contributed by atoms with Crippen LogP contribution in [-0.4, -0.2) is 24.2 Å². The fourth-order valence-corrected chi connectivity index (χ4v) is 2.48. The Morgan fingerprint density at radius 3 is 3.00 bits per heavy atom. The number of rotatable bonds is 4. The molecule has 0 fully saturated rings. The van der Waals surface area contributed by atoms with E-state index in [2.05, 4.69) is 5.32 Å². The molecule has 0 aromatic heterocycles. The second-order valence-electron chi connectivity index (χ2n) is 4.33. The Hall–Kier alpha value is -1.39. The van der Waals surface area contributed by atoms with Gasteiger partial charge >= 0.3 is 5.97 Å². The number of carboxylic acids is 1. The molecule has 4 heteroatoms. The van der Waals surface area contributed by atoms with Crippen molar-refractivity contribution in [2.45, 2.75) is 25.5 Å². The van der Waals surface area contributed by atoms with Crippen LogP contribution >= 0.6 is 0 Å². The minimum atomic E-state index is -0.814. The van der Waals surface area contributed by atoms with E-state index in [9.17, 15) is 4.79 Å². The lowest BCUT2D eigenvalue weighted by Gasteiger charge is -2.38. The van der Waals surface area contributed by atoms with Crippen LogP contribution in [0.1, 0.15) is 24.5 Å². The van der Waals surface area contributed by atoms with Gasteiger partial charge in [0.1, 0.15) is 0 Å². The van der Waals surface area contributed by atoms with Crippen molar-refractivity contribution in [2.24, 2.45) is 0 Å². The van der Waals surface area contributed by atoms with Gasteiger partial charge < -0.3 is 15.2 Å². The lowest BCUT2D eigenvalue weighted by Crippen LogP contribution is -2.50. The van der Waals surface area contributed by atoms with Gasteiger partial charge in [-0.25, -0.2) is 0 Å². The van der Waals surface area contributed by atoms with Crippen LogP contribution in [0.25, 0.3) is 0 Å². The molecule has 1 atom stereocenters. The fourth-order valence-electron chi connectivity index (χ4n) is 2.48. The number of carbonyl (C=O) groups is 1. The summed E-state index contributed by atoms with van der Waals surface area (Å²) in [4.78, 5) is 11.1. The summed E-state index contributed by atoms with van der Waals surface area (Å²) in [5.41, 5.74) is 1.53. The Morgan fingerprint density at radius 1 is 1.53 bits per heavy atom.